The van der Waals surface area contributed by atoms with Gasteiger partial charge in [0, 0.05) is 0 Å². The average Bonchev–Trinajstić information content (AvgIpc) is 2.50. The molecule has 0 atom stereocenters. The minimum Gasteiger partial charge on any atom is -0.508 e. The number of phenols is 2. The van der Waals surface area contributed by atoms with Crippen LogP contribution in [0.3, 0.4) is 0 Å². The maximum Gasteiger partial charge on any atom is 0.115 e. The highest BCUT2D eigenvalue weighted by molar-refractivity contribution is 5.69. The standard InChI is InChI=1S/C19H22O2/c1-3-15(13-14-5-9-17(20)10-6-14)19(4-2)16-7-11-18(21)12-8-16/h5-12,20-21H,3-4,13H2,1-2H3/b19-15-. The largest absolute Gasteiger partial charge is 0.508 e. The van der Waals surface area contributed by atoms with Crippen molar-refractivity contribution in [3.05, 3.63) is 65.2 Å². The molecule has 0 fully saturated rings. The minimum absolute atomic E-state index is 0.297. The summed E-state index contributed by atoms with van der Waals surface area (Å²) >= 11 is 0. The van der Waals surface area contributed by atoms with Crippen LogP contribution in [0.4, 0.5) is 0 Å². The third kappa shape index (κ3) is 3.88. The van der Waals surface area contributed by atoms with Gasteiger partial charge in [-0.3, -0.25) is 0 Å². The fourth-order valence-corrected chi connectivity index (χ4v) is 2.63. The molecule has 0 aliphatic carbocycles. The SMILES string of the molecule is CC/C(Cc1ccc(O)cc1)=C(\CC)c1ccc(O)cc1. The summed E-state index contributed by atoms with van der Waals surface area (Å²) < 4.78 is 0. The van der Waals surface area contributed by atoms with Crippen LogP contribution in [0.5, 0.6) is 11.5 Å². The summed E-state index contributed by atoms with van der Waals surface area (Å²) in [5.74, 6) is 0.598. The molecule has 0 aliphatic heterocycles. The summed E-state index contributed by atoms with van der Waals surface area (Å²) in [7, 11) is 0. The normalized spacial score (nSPS) is 12.1. The molecule has 2 rings (SSSR count). The lowest BCUT2D eigenvalue weighted by molar-refractivity contribution is 0.474. The van der Waals surface area contributed by atoms with Gasteiger partial charge in [0.25, 0.3) is 0 Å². The Morgan fingerprint density at radius 2 is 1.29 bits per heavy atom. The quantitative estimate of drug-likeness (QED) is 0.817. The monoisotopic (exact) mass is 282 g/mol. The van der Waals surface area contributed by atoms with Gasteiger partial charge in [-0.2, -0.15) is 0 Å². The van der Waals surface area contributed by atoms with E-state index < -0.39 is 0 Å². The Morgan fingerprint density at radius 3 is 1.76 bits per heavy atom. The van der Waals surface area contributed by atoms with Crippen molar-refractivity contribution in [2.24, 2.45) is 0 Å². The van der Waals surface area contributed by atoms with E-state index in [1.165, 1.54) is 22.3 Å². The molecular formula is C19H22O2. The molecule has 0 aromatic heterocycles. The highest BCUT2D eigenvalue weighted by Gasteiger charge is 2.08. The lowest BCUT2D eigenvalue weighted by Crippen LogP contribution is -1.96. The van der Waals surface area contributed by atoms with Crippen molar-refractivity contribution in [1.82, 2.24) is 0 Å². The van der Waals surface area contributed by atoms with Crippen LogP contribution in [-0.4, -0.2) is 10.2 Å². The molecule has 0 unspecified atom stereocenters. The number of allylic oxidation sites excluding steroid dienone is 2. The summed E-state index contributed by atoms with van der Waals surface area (Å²) in [6.45, 7) is 4.33. The maximum absolute atomic E-state index is 9.43. The van der Waals surface area contributed by atoms with Gasteiger partial charge in [0.1, 0.15) is 11.5 Å². The molecule has 0 amide bonds. The van der Waals surface area contributed by atoms with Crippen molar-refractivity contribution in [2.45, 2.75) is 33.1 Å². The van der Waals surface area contributed by atoms with E-state index in [1.807, 2.05) is 24.3 Å². The van der Waals surface area contributed by atoms with Gasteiger partial charge in [-0.15, -0.1) is 0 Å². The number of hydrogen-bond acceptors (Lipinski definition) is 2. The summed E-state index contributed by atoms with van der Waals surface area (Å²) in [5.41, 5.74) is 5.11. The lowest BCUT2D eigenvalue weighted by atomic mass is 9.92. The fraction of sp³-hybridized carbons (Fsp3) is 0.263. The van der Waals surface area contributed by atoms with Crippen molar-refractivity contribution in [3.8, 4) is 11.5 Å². The molecule has 110 valence electrons. The second-order valence-corrected chi connectivity index (χ2v) is 5.18. The summed E-state index contributed by atoms with van der Waals surface area (Å²) in [5, 5.41) is 18.8. The van der Waals surface area contributed by atoms with Gasteiger partial charge < -0.3 is 10.2 Å². The van der Waals surface area contributed by atoms with Gasteiger partial charge in [-0.25, -0.2) is 0 Å². The minimum atomic E-state index is 0.297. The van der Waals surface area contributed by atoms with Crippen LogP contribution in [0.15, 0.2) is 54.1 Å². The van der Waals surface area contributed by atoms with Crippen molar-refractivity contribution >= 4 is 5.57 Å². The second kappa shape index (κ2) is 6.98. The van der Waals surface area contributed by atoms with Crippen LogP contribution < -0.4 is 0 Å². The first kappa shape index (κ1) is 15.2. The Labute approximate surface area is 126 Å². The molecule has 0 saturated carbocycles. The van der Waals surface area contributed by atoms with Gasteiger partial charge in [0.2, 0.25) is 0 Å². The Hall–Kier alpha value is -2.22. The van der Waals surface area contributed by atoms with E-state index in [-0.39, 0.29) is 0 Å². The van der Waals surface area contributed by atoms with Crippen LogP contribution in [0.25, 0.3) is 5.57 Å². The van der Waals surface area contributed by atoms with Gasteiger partial charge in [0.05, 0.1) is 0 Å². The fourth-order valence-electron chi connectivity index (χ4n) is 2.63. The predicted molar refractivity (Wildman–Crippen MR) is 87.4 cm³/mol. The molecule has 2 N–H and O–H groups in total. The first-order valence-electron chi connectivity index (χ1n) is 7.42. The molecule has 21 heavy (non-hydrogen) atoms. The van der Waals surface area contributed by atoms with Crippen LogP contribution in [0.2, 0.25) is 0 Å². The van der Waals surface area contributed by atoms with Gasteiger partial charge in [-0.05, 0) is 60.2 Å². The number of phenolic OH excluding ortho intramolecular Hbond substituents is 2. The molecule has 0 aliphatic rings. The van der Waals surface area contributed by atoms with E-state index in [0.29, 0.717) is 11.5 Å². The van der Waals surface area contributed by atoms with E-state index in [0.717, 1.165) is 19.3 Å². The zero-order valence-electron chi connectivity index (χ0n) is 12.6. The summed E-state index contributed by atoms with van der Waals surface area (Å²) in [6, 6.07) is 14.8. The third-order valence-electron chi connectivity index (χ3n) is 3.78. The lowest BCUT2D eigenvalue weighted by Gasteiger charge is -2.14. The van der Waals surface area contributed by atoms with Crippen LogP contribution in [0.1, 0.15) is 37.8 Å². The molecule has 2 aromatic carbocycles. The van der Waals surface area contributed by atoms with Crippen LogP contribution in [-0.2, 0) is 6.42 Å². The van der Waals surface area contributed by atoms with Crippen molar-refractivity contribution in [1.29, 1.82) is 0 Å². The van der Waals surface area contributed by atoms with E-state index in [1.54, 1.807) is 24.3 Å². The van der Waals surface area contributed by atoms with Crippen molar-refractivity contribution in [2.75, 3.05) is 0 Å². The third-order valence-corrected chi connectivity index (χ3v) is 3.78. The topological polar surface area (TPSA) is 40.5 Å². The second-order valence-electron chi connectivity index (χ2n) is 5.18. The molecule has 2 heteroatoms. The van der Waals surface area contributed by atoms with E-state index in [4.69, 9.17) is 0 Å². The van der Waals surface area contributed by atoms with Gasteiger partial charge in [0.15, 0.2) is 0 Å². The Morgan fingerprint density at radius 1 is 0.762 bits per heavy atom. The van der Waals surface area contributed by atoms with Gasteiger partial charge in [-0.1, -0.05) is 43.7 Å². The zero-order valence-corrected chi connectivity index (χ0v) is 12.6. The molecule has 0 bridgehead atoms. The predicted octanol–water partition coefficient (Wildman–Crippen LogP) is 4.91. The van der Waals surface area contributed by atoms with Gasteiger partial charge >= 0.3 is 0 Å². The number of hydrogen-bond donors (Lipinski definition) is 2. The molecule has 0 heterocycles. The number of rotatable bonds is 5. The maximum atomic E-state index is 9.43. The Kier molecular flexibility index (Phi) is 5.04. The summed E-state index contributed by atoms with van der Waals surface area (Å²) in [6.07, 6.45) is 2.85. The zero-order chi connectivity index (χ0) is 15.2. The molecule has 0 saturated heterocycles. The number of aromatic hydroxyl groups is 2. The average molecular weight is 282 g/mol. The molecule has 0 spiro atoms. The first-order chi connectivity index (χ1) is 10.1. The smallest absolute Gasteiger partial charge is 0.115 e. The van der Waals surface area contributed by atoms with Crippen molar-refractivity contribution < 1.29 is 10.2 Å². The first-order valence-corrected chi connectivity index (χ1v) is 7.42. The molecule has 0 radical (unpaired) electrons. The molecule has 2 nitrogen and oxygen atoms in total. The Bertz CT molecular complexity index is 607. The van der Waals surface area contributed by atoms with E-state index in [2.05, 4.69) is 13.8 Å². The Balaban J connectivity index is 2.34. The van der Waals surface area contributed by atoms with E-state index in [9.17, 15) is 10.2 Å². The highest BCUT2D eigenvalue weighted by atomic mass is 16.3. The van der Waals surface area contributed by atoms with Crippen molar-refractivity contribution in [3.63, 3.8) is 0 Å². The molecule has 2 aromatic rings. The highest BCUT2D eigenvalue weighted by Crippen LogP contribution is 2.28. The molecular weight excluding hydrogens is 260 g/mol. The summed E-state index contributed by atoms with van der Waals surface area (Å²) in [4.78, 5) is 0. The van der Waals surface area contributed by atoms with E-state index >= 15 is 0 Å². The van der Waals surface area contributed by atoms with Crippen LogP contribution in [0, 0.1) is 0 Å². The number of benzene rings is 2. The van der Waals surface area contributed by atoms with Crippen LogP contribution >= 0.6 is 0 Å².